The van der Waals surface area contributed by atoms with Gasteiger partial charge in [0.25, 0.3) is 0 Å². The van der Waals surface area contributed by atoms with Gasteiger partial charge < -0.3 is 19.5 Å². The van der Waals surface area contributed by atoms with Crippen LogP contribution in [0.25, 0.3) is 0 Å². The third kappa shape index (κ3) is 35.9. The van der Waals surface area contributed by atoms with Crippen molar-refractivity contribution in [3.63, 3.8) is 0 Å². The minimum atomic E-state index is -5.08. The number of rotatable bonds is 15. The molecule has 0 aromatic heterocycles. The van der Waals surface area contributed by atoms with E-state index in [0.29, 0.717) is 6.42 Å². The summed E-state index contributed by atoms with van der Waals surface area (Å²) in [4.78, 5) is 36.0. The first kappa shape index (κ1) is 29.8. The molecule has 0 aliphatic heterocycles. The standard InChI is InChI=1S/C16H32O2.Cu.H2O5Si/c1-2-3-4-5-6-7-8-9-10-11-12-13-14-15-16(17)18;;1-5-6(2,3)4/h2-15H2,1H3,(H,17,18);;1-2H/q;+2;-2. The van der Waals surface area contributed by atoms with Gasteiger partial charge in [0.15, 0.2) is 9.05 Å². The van der Waals surface area contributed by atoms with E-state index in [1.54, 1.807) is 0 Å². The van der Waals surface area contributed by atoms with Crippen molar-refractivity contribution in [2.24, 2.45) is 0 Å². The molecule has 25 heavy (non-hydrogen) atoms. The third-order valence-corrected chi connectivity index (χ3v) is 3.84. The van der Waals surface area contributed by atoms with Crippen LogP contribution in [0.3, 0.4) is 0 Å². The summed E-state index contributed by atoms with van der Waals surface area (Å²) < 4.78 is 2.52. The molecule has 0 bridgehead atoms. The topological polar surface area (TPSA) is 133 Å². The molecule has 0 aromatic carbocycles. The van der Waals surface area contributed by atoms with E-state index in [4.69, 9.17) is 24.8 Å². The van der Waals surface area contributed by atoms with Gasteiger partial charge in [-0.3, -0.25) is 14.6 Å². The molecule has 0 rings (SSSR count). The van der Waals surface area contributed by atoms with Crippen LogP contribution >= 0.6 is 0 Å². The van der Waals surface area contributed by atoms with Crippen LogP contribution in [0.5, 0.6) is 0 Å². The van der Waals surface area contributed by atoms with Crippen LogP contribution in [0.1, 0.15) is 96.8 Å². The molecule has 9 heteroatoms. The summed E-state index contributed by atoms with van der Waals surface area (Å²) in [6.45, 7) is 2.26. The summed E-state index contributed by atoms with van der Waals surface area (Å²) in [7, 11) is -5.08. The average molecular weight is 430 g/mol. The van der Waals surface area contributed by atoms with Gasteiger partial charge in [0, 0.05) is 6.42 Å². The van der Waals surface area contributed by atoms with Crippen LogP contribution in [-0.4, -0.2) is 30.2 Å². The van der Waals surface area contributed by atoms with Gasteiger partial charge >= 0.3 is 23.0 Å². The Kier molecular flexibility index (Phi) is 26.2. The van der Waals surface area contributed by atoms with Gasteiger partial charge in [-0.05, 0) is 6.42 Å². The van der Waals surface area contributed by atoms with Gasteiger partial charge in [-0.25, -0.2) is 0 Å². The van der Waals surface area contributed by atoms with Crippen molar-refractivity contribution in [1.82, 2.24) is 0 Å². The maximum Gasteiger partial charge on any atom is 2.00 e. The smallest absolute Gasteiger partial charge is 0.826 e. The van der Waals surface area contributed by atoms with E-state index < -0.39 is 15.0 Å². The van der Waals surface area contributed by atoms with Gasteiger partial charge in [0.1, 0.15) is 0 Å². The van der Waals surface area contributed by atoms with E-state index in [2.05, 4.69) is 11.5 Å². The van der Waals surface area contributed by atoms with E-state index in [1.165, 1.54) is 70.6 Å². The molecule has 155 valence electrons. The van der Waals surface area contributed by atoms with Crippen LogP contribution in [0, 0.1) is 0 Å². The molecule has 3 N–H and O–H groups in total. The zero-order chi connectivity index (χ0) is 18.7. The number of carboxylic acids is 1. The van der Waals surface area contributed by atoms with Crippen molar-refractivity contribution in [1.29, 1.82) is 0 Å². The molecular formula is C16H34CuO7Si. The van der Waals surface area contributed by atoms with Crippen molar-refractivity contribution in [2.75, 3.05) is 0 Å². The van der Waals surface area contributed by atoms with Crippen LogP contribution < -0.4 is 9.59 Å². The number of unbranched alkanes of at least 4 members (excludes halogenated alkanes) is 12. The van der Waals surface area contributed by atoms with Gasteiger partial charge in [-0.2, -0.15) is 0 Å². The molecule has 0 heterocycles. The predicted octanol–water partition coefficient (Wildman–Crippen LogP) is 2.17. The SMILES string of the molecule is CCCCCCCCCCCCCCCC(=O)O.[Cu+2].[O-][Si]([O-])(O)OO. The minimum Gasteiger partial charge on any atom is -0.826 e. The quantitative estimate of drug-likeness (QED) is 0.157. The van der Waals surface area contributed by atoms with Crippen LogP contribution in [-0.2, 0) is 26.4 Å². The average Bonchev–Trinajstić information content (AvgIpc) is 2.51. The van der Waals surface area contributed by atoms with E-state index in [-0.39, 0.29) is 17.1 Å². The van der Waals surface area contributed by atoms with E-state index in [0.717, 1.165) is 12.8 Å². The van der Waals surface area contributed by atoms with Gasteiger partial charge in [-0.15, -0.1) is 0 Å². The van der Waals surface area contributed by atoms with Crippen molar-refractivity contribution in [3.8, 4) is 0 Å². The Morgan fingerprint density at radius 1 is 0.840 bits per heavy atom. The summed E-state index contributed by atoms with van der Waals surface area (Å²) in [5.41, 5.74) is 0. The number of carbonyl (C=O) groups is 1. The van der Waals surface area contributed by atoms with Crippen molar-refractivity contribution in [2.45, 2.75) is 96.8 Å². The molecular weight excluding hydrogens is 396 g/mol. The Hall–Kier alpha value is 0.00636. The normalized spacial score (nSPS) is 10.6. The van der Waals surface area contributed by atoms with Crippen LogP contribution in [0.2, 0.25) is 0 Å². The second-order valence-corrected chi connectivity index (χ2v) is 7.23. The monoisotopic (exact) mass is 429 g/mol. The second kappa shape index (κ2) is 22.0. The van der Waals surface area contributed by atoms with E-state index in [1.807, 2.05) is 0 Å². The van der Waals surface area contributed by atoms with Crippen LogP contribution in [0.4, 0.5) is 0 Å². The molecule has 0 saturated heterocycles. The van der Waals surface area contributed by atoms with Crippen LogP contribution in [0.15, 0.2) is 0 Å². The van der Waals surface area contributed by atoms with Crippen molar-refractivity contribution in [3.05, 3.63) is 0 Å². The molecule has 1 radical (unpaired) electrons. The Balaban J connectivity index is -0.000000592. The molecule has 0 fully saturated rings. The molecule has 0 spiro atoms. The first-order valence-electron chi connectivity index (χ1n) is 9.01. The number of aliphatic carboxylic acids is 1. The summed E-state index contributed by atoms with van der Waals surface area (Å²) in [6.07, 6.45) is 17.3. The maximum absolute atomic E-state index is 10.3. The Morgan fingerprint density at radius 2 is 1.12 bits per heavy atom. The summed E-state index contributed by atoms with van der Waals surface area (Å²) >= 11 is 0. The summed E-state index contributed by atoms with van der Waals surface area (Å²) in [5.74, 6) is -0.655. The summed E-state index contributed by atoms with van der Waals surface area (Å²) in [5, 5.41) is 15.6. The second-order valence-electron chi connectivity index (χ2n) is 6.00. The number of hydrogen-bond acceptors (Lipinski definition) is 6. The molecule has 0 unspecified atom stereocenters. The molecule has 0 saturated carbocycles. The zero-order valence-corrected chi connectivity index (χ0v) is 17.1. The molecule has 0 aliphatic rings. The van der Waals surface area contributed by atoms with Crippen molar-refractivity contribution < 1.29 is 51.2 Å². The number of hydrogen-bond donors (Lipinski definition) is 3. The largest absolute Gasteiger partial charge is 2.00 e. The van der Waals surface area contributed by atoms with Gasteiger partial charge in [0.2, 0.25) is 0 Å². The minimum absolute atomic E-state index is 0. The predicted molar refractivity (Wildman–Crippen MR) is 89.6 cm³/mol. The van der Waals surface area contributed by atoms with Crippen molar-refractivity contribution >= 4 is 15.0 Å². The zero-order valence-electron chi connectivity index (χ0n) is 15.2. The van der Waals surface area contributed by atoms with E-state index in [9.17, 15) is 4.79 Å². The first-order chi connectivity index (χ1) is 11.3. The maximum atomic E-state index is 10.3. The van der Waals surface area contributed by atoms with Gasteiger partial charge in [-0.1, -0.05) is 84.0 Å². The third-order valence-electron chi connectivity index (χ3n) is 3.61. The fourth-order valence-electron chi connectivity index (χ4n) is 2.29. The summed E-state index contributed by atoms with van der Waals surface area (Å²) in [6, 6.07) is 0. The molecule has 0 amide bonds. The molecule has 0 aliphatic carbocycles. The fraction of sp³-hybridized carbons (Fsp3) is 0.938. The van der Waals surface area contributed by atoms with E-state index >= 15 is 0 Å². The Bertz CT molecular complexity index is 276. The molecule has 7 nitrogen and oxygen atoms in total. The number of carboxylic acid groups (broad SMARTS) is 1. The Morgan fingerprint density at radius 3 is 1.36 bits per heavy atom. The fourth-order valence-corrected chi connectivity index (χ4v) is 2.29. The first-order valence-corrected chi connectivity index (χ1v) is 10.7. The molecule has 0 atom stereocenters. The molecule has 0 aromatic rings. The Labute approximate surface area is 163 Å². The van der Waals surface area contributed by atoms with Gasteiger partial charge in [0.05, 0.1) is 0 Å².